The molecule has 1 amide bonds. The number of aliphatic hydroxyl groups excluding tert-OH is 1. The molecule has 7 nitrogen and oxygen atoms in total. The van der Waals surface area contributed by atoms with Crippen LogP contribution in [-0.2, 0) is 11.3 Å². The third-order valence-electron chi connectivity index (χ3n) is 4.03. The van der Waals surface area contributed by atoms with Crippen LogP contribution < -0.4 is 10.9 Å². The fourth-order valence-corrected chi connectivity index (χ4v) is 4.42. The van der Waals surface area contributed by atoms with Gasteiger partial charge < -0.3 is 14.8 Å². The SMILES string of the molecule is O=C(Cn1cnc2scc(-c3cccs3)c2c1=O)NCC(O)c1ccco1. The number of hydrogen-bond acceptors (Lipinski definition) is 7. The van der Waals surface area contributed by atoms with Gasteiger partial charge in [-0.3, -0.25) is 14.2 Å². The molecule has 0 bridgehead atoms. The fourth-order valence-electron chi connectivity index (χ4n) is 2.70. The van der Waals surface area contributed by atoms with Crippen molar-refractivity contribution in [1.29, 1.82) is 0 Å². The van der Waals surface area contributed by atoms with Crippen molar-refractivity contribution in [1.82, 2.24) is 14.9 Å². The number of carbonyl (C=O) groups excluding carboxylic acids is 1. The molecule has 4 aromatic rings. The van der Waals surface area contributed by atoms with E-state index >= 15 is 0 Å². The van der Waals surface area contributed by atoms with Gasteiger partial charge in [-0.1, -0.05) is 6.07 Å². The lowest BCUT2D eigenvalue weighted by Gasteiger charge is -2.10. The molecule has 0 aromatic carbocycles. The summed E-state index contributed by atoms with van der Waals surface area (Å²) >= 11 is 2.95. The van der Waals surface area contributed by atoms with Crippen molar-refractivity contribution in [3.8, 4) is 10.4 Å². The molecule has 0 aliphatic carbocycles. The third-order valence-corrected chi connectivity index (χ3v) is 5.81. The molecule has 0 saturated heterocycles. The lowest BCUT2D eigenvalue weighted by Crippen LogP contribution is -2.34. The molecule has 27 heavy (non-hydrogen) atoms. The number of nitrogens with zero attached hydrogens (tertiary/aromatic N) is 2. The number of nitrogens with one attached hydrogen (secondary N) is 1. The summed E-state index contributed by atoms with van der Waals surface area (Å²) in [5.41, 5.74) is 0.580. The van der Waals surface area contributed by atoms with E-state index in [0.29, 0.717) is 16.0 Å². The first-order chi connectivity index (χ1) is 13.1. The van der Waals surface area contributed by atoms with Gasteiger partial charge in [-0.2, -0.15) is 0 Å². The fraction of sp³-hybridized carbons (Fsp3) is 0.167. The second kappa shape index (κ2) is 7.47. The van der Waals surface area contributed by atoms with E-state index in [1.54, 1.807) is 23.5 Å². The average molecular weight is 401 g/mol. The number of fused-ring (bicyclic) bond motifs is 1. The van der Waals surface area contributed by atoms with Crippen LogP contribution >= 0.6 is 22.7 Å². The predicted molar refractivity (Wildman–Crippen MR) is 104 cm³/mol. The molecule has 0 radical (unpaired) electrons. The van der Waals surface area contributed by atoms with Crippen LogP contribution in [0.2, 0.25) is 0 Å². The lowest BCUT2D eigenvalue weighted by atomic mass is 10.2. The molecule has 138 valence electrons. The Balaban J connectivity index is 1.52. The van der Waals surface area contributed by atoms with Crippen LogP contribution in [-0.4, -0.2) is 27.1 Å². The van der Waals surface area contributed by atoms with Crippen LogP contribution in [0, 0.1) is 0 Å². The molecule has 0 aliphatic rings. The average Bonchev–Trinajstić information content (AvgIpc) is 3.41. The number of rotatable bonds is 6. The van der Waals surface area contributed by atoms with Gasteiger partial charge in [0.25, 0.3) is 5.56 Å². The van der Waals surface area contributed by atoms with E-state index in [2.05, 4.69) is 10.3 Å². The van der Waals surface area contributed by atoms with Crippen molar-refractivity contribution >= 4 is 38.8 Å². The molecule has 0 spiro atoms. The van der Waals surface area contributed by atoms with Crippen molar-refractivity contribution in [2.75, 3.05) is 6.54 Å². The summed E-state index contributed by atoms with van der Waals surface area (Å²) in [7, 11) is 0. The number of thiophene rings is 2. The Kier molecular flexibility index (Phi) is 4.88. The van der Waals surface area contributed by atoms with Gasteiger partial charge in [0.15, 0.2) is 0 Å². The van der Waals surface area contributed by atoms with Gasteiger partial charge in [0.1, 0.15) is 23.2 Å². The van der Waals surface area contributed by atoms with E-state index in [-0.39, 0.29) is 18.6 Å². The Morgan fingerprint density at radius 1 is 1.33 bits per heavy atom. The van der Waals surface area contributed by atoms with Crippen LogP contribution in [0.15, 0.2) is 56.8 Å². The summed E-state index contributed by atoms with van der Waals surface area (Å²) in [6, 6.07) is 7.16. The van der Waals surface area contributed by atoms with Gasteiger partial charge in [0, 0.05) is 15.8 Å². The highest BCUT2D eigenvalue weighted by molar-refractivity contribution is 7.18. The highest BCUT2D eigenvalue weighted by Crippen LogP contribution is 2.33. The Hall–Kier alpha value is -2.75. The number of hydrogen-bond donors (Lipinski definition) is 2. The van der Waals surface area contributed by atoms with E-state index < -0.39 is 12.0 Å². The molecule has 4 rings (SSSR count). The summed E-state index contributed by atoms with van der Waals surface area (Å²) in [6.45, 7) is -0.179. The van der Waals surface area contributed by atoms with Crippen molar-refractivity contribution in [2.24, 2.45) is 0 Å². The van der Waals surface area contributed by atoms with E-state index in [4.69, 9.17) is 4.42 Å². The van der Waals surface area contributed by atoms with Crippen molar-refractivity contribution < 1.29 is 14.3 Å². The number of furan rings is 1. The first-order valence-electron chi connectivity index (χ1n) is 8.12. The molecule has 2 N–H and O–H groups in total. The Bertz CT molecular complexity index is 1110. The number of aliphatic hydroxyl groups is 1. The second-order valence-electron chi connectivity index (χ2n) is 5.82. The molecule has 0 fully saturated rings. The highest BCUT2D eigenvalue weighted by atomic mass is 32.1. The second-order valence-corrected chi connectivity index (χ2v) is 7.63. The molecule has 1 unspecified atom stereocenters. The maximum Gasteiger partial charge on any atom is 0.263 e. The van der Waals surface area contributed by atoms with Crippen LogP contribution in [0.1, 0.15) is 11.9 Å². The van der Waals surface area contributed by atoms with Gasteiger partial charge in [0.05, 0.1) is 24.5 Å². The van der Waals surface area contributed by atoms with E-state index in [1.165, 1.54) is 28.5 Å². The van der Waals surface area contributed by atoms with Crippen LogP contribution in [0.25, 0.3) is 20.7 Å². The summed E-state index contributed by atoms with van der Waals surface area (Å²) in [5.74, 6) is -0.0221. The molecule has 0 aliphatic heterocycles. The van der Waals surface area contributed by atoms with E-state index in [1.807, 2.05) is 22.9 Å². The molecule has 1 atom stereocenters. The molecular weight excluding hydrogens is 386 g/mol. The maximum atomic E-state index is 12.9. The smallest absolute Gasteiger partial charge is 0.263 e. The molecular formula is C18H15N3O4S2. The summed E-state index contributed by atoms with van der Waals surface area (Å²) < 4.78 is 6.37. The molecule has 4 heterocycles. The monoisotopic (exact) mass is 401 g/mol. The van der Waals surface area contributed by atoms with E-state index in [9.17, 15) is 14.7 Å². The molecule has 0 saturated carbocycles. The summed E-state index contributed by atoms with van der Waals surface area (Å²) in [6.07, 6.45) is 1.89. The van der Waals surface area contributed by atoms with Crippen LogP contribution in [0.3, 0.4) is 0 Å². The summed E-state index contributed by atoms with van der Waals surface area (Å²) in [4.78, 5) is 31.0. The minimum absolute atomic E-state index is 0.00430. The zero-order valence-electron chi connectivity index (χ0n) is 14.0. The lowest BCUT2D eigenvalue weighted by molar-refractivity contribution is -0.122. The van der Waals surface area contributed by atoms with Crippen LogP contribution in [0.4, 0.5) is 0 Å². The highest BCUT2D eigenvalue weighted by Gasteiger charge is 2.16. The normalized spacial score (nSPS) is 12.3. The van der Waals surface area contributed by atoms with Gasteiger partial charge in [-0.25, -0.2) is 4.98 Å². The zero-order chi connectivity index (χ0) is 18.8. The number of carbonyl (C=O) groups is 1. The first-order valence-corrected chi connectivity index (χ1v) is 9.88. The summed E-state index contributed by atoms with van der Waals surface area (Å²) in [5, 5.41) is 16.9. The molecule has 4 aromatic heterocycles. The van der Waals surface area contributed by atoms with Gasteiger partial charge in [-0.15, -0.1) is 22.7 Å². The van der Waals surface area contributed by atoms with Crippen molar-refractivity contribution in [3.05, 3.63) is 63.7 Å². The minimum Gasteiger partial charge on any atom is -0.467 e. The maximum absolute atomic E-state index is 12.9. The Morgan fingerprint density at radius 3 is 2.96 bits per heavy atom. The zero-order valence-corrected chi connectivity index (χ0v) is 15.6. The quantitative estimate of drug-likeness (QED) is 0.518. The Labute approximate surface area is 161 Å². The minimum atomic E-state index is -0.941. The van der Waals surface area contributed by atoms with Crippen molar-refractivity contribution in [2.45, 2.75) is 12.6 Å². The van der Waals surface area contributed by atoms with Crippen LogP contribution in [0.5, 0.6) is 0 Å². The van der Waals surface area contributed by atoms with Gasteiger partial charge in [0.2, 0.25) is 5.91 Å². The Morgan fingerprint density at radius 2 is 2.22 bits per heavy atom. The predicted octanol–water partition coefficient (Wildman–Crippen LogP) is 2.63. The standard InChI is InChI=1S/C18H15N3O4S2/c22-12(13-3-1-5-25-13)7-19-15(23)8-21-10-20-17-16(18(21)24)11(9-27-17)14-4-2-6-26-14/h1-6,9-10,12,22H,7-8H2,(H,19,23). The van der Waals surface area contributed by atoms with Crippen molar-refractivity contribution in [3.63, 3.8) is 0 Å². The number of amides is 1. The van der Waals surface area contributed by atoms with Gasteiger partial charge >= 0.3 is 0 Å². The van der Waals surface area contributed by atoms with Gasteiger partial charge in [-0.05, 0) is 23.6 Å². The topological polar surface area (TPSA) is 97.4 Å². The van der Waals surface area contributed by atoms with E-state index in [0.717, 1.165) is 10.4 Å². The third kappa shape index (κ3) is 3.57. The first kappa shape index (κ1) is 17.7. The largest absolute Gasteiger partial charge is 0.467 e. The number of aromatic nitrogens is 2. The molecule has 9 heteroatoms.